The van der Waals surface area contributed by atoms with E-state index in [4.69, 9.17) is 0 Å². The summed E-state index contributed by atoms with van der Waals surface area (Å²) in [7, 11) is 0. The lowest BCUT2D eigenvalue weighted by atomic mass is 10.3. The van der Waals surface area contributed by atoms with Gasteiger partial charge in [0.15, 0.2) is 0 Å². The Hall–Kier alpha value is -1.27. The molecule has 20 heavy (non-hydrogen) atoms. The first kappa shape index (κ1) is 13.7. The summed E-state index contributed by atoms with van der Waals surface area (Å²) in [4.78, 5) is 10.0. The Morgan fingerprint density at radius 1 is 1.25 bits per heavy atom. The zero-order chi connectivity index (χ0) is 13.9. The quantitative estimate of drug-likeness (QED) is 0.788. The molecule has 0 spiro atoms. The first-order chi connectivity index (χ1) is 9.74. The molecule has 1 aliphatic carbocycles. The maximum Gasteiger partial charge on any atom is 0.229 e. The van der Waals surface area contributed by atoms with Crippen LogP contribution in [-0.4, -0.2) is 22.3 Å². The van der Waals surface area contributed by atoms with Gasteiger partial charge in [0, 0.05) is 22.8 Å². The highest BCUT2D eigenvalue weighted by Crippen LogP contribution is 2.29. The maximum atomic E-state index is 4.50. The molecule has 1 aliphatic rings. The number of rotatable bonds is 5. The minimum Gasteiger partial charge on any atom is -0.366 e. The number of thioether (sulfide) groups is 1. The summed E-state index contributed by atoms with van der Waals surface area (Å²) >= 11 is 5.20. The van der Waals surface area contributed by atoms with Gasteiger partial charge in [-0.1, -0.05) is 0 Å². The minimum atomic E-state index is 0.565. The molecule has 1 aromatic heterocycles. The van der Waals surface area contributed by atoms with E-state index in [9.17, 15) is 0 Å². The van der Waals surface area contributed by atoms with Crippen LogP contribution < -0.4 is 10.6 Å². The highest BCUT2D eigenvalue weighted by molar-refractivity contribution is 9.10. The van der Waals surface area contributed by atoms with E-state index in [0.717, 1.165) is 16.0 Å². The molecule has 3 rings (SSSR count). The molecular formula is C14H15BrN4S. The zero-order valence-corrected chi connectivity index (χ0v) is 13.5. The third-order valence-corrected chi connectivity index (χ3v) is 4.33. The van der Waals surface area contributed by atoms with Crippen molar-refractivity contribution in [1.29, 1.82) is 0 Å². The van der Waals surface area contributed by atoms with Gasteiger partial charge in [-0.3, -0.25) is 0 Å². The number of hydrogen-bond acceptors (Lipinski definition) is 5. The lowest BCUT2D eigenvalue weighted by molar-refractivity contribution is 1.07. The molecule has 0 saturated heterocycles. The largest absolute Gasteiger partial charge is 0.366 e. The zero-order valence-electron chi connectivity index (χ0n) is 11.1. The molecule has 0 atom stereocenters. The Morgan fingerprint density at radius 3 is 2.65 bits per heavy atom. The SMILES string of the molecule is CSc1ccc(Nc2ncc(Br)c(NC3CC3)n2)cc1. The lowest BCUT2D eigenvalue weighted by Gasteiger charge is -2.09. The van der Waals surface area contributed by atoms with E-state index in [1.54, 1.807) is 18.0 Å². The van der Waals surface area contributed by atoms with Gasteiger partial charge in [0.2, 0.25) is 5.95 Å². The van der Waals surface area contributed by atoms with Crippen LogP contribution in [0.5, 0.6) is 0 Å². The molecule has 0 aliphatic heterocycles. The van der Waals surface area contributed by atoms with E-state index in [0.29, 0.717) is 12.0 Å². The number of hydrogen-bond donors (Lipinski definition) is 2. The van der Waals surface area contributed by atoms with E-state index in [1.165, 1.54) is 17.7 Å². The van der Waals surface area contributed by atoms with Crippen LogP contribution in [0.25, 0.3) is 0 Å². The van der Waals surface area contributed by atoms with E-state index < -0.39 is 0 Å². The summed E-state index contributed by atoms with van der Waals surface area (Å²) in [6.45, 7) is 0. The Kier molecular flexibility index (Phi) is 4.12. The predicted molar refractivity (Wildman–Crippen MR) is 87.9 cm³/mol. The summed E-state index contributed by atoms with van der Waals surface area (Å²) < 4.78 is 0.896. The fourth-order valence-electron chi connectivity index (χ4n) is 1.75. The van der Waals surface area contributed by atoms with Gasteiger partial charge in [0.05, 0.1) is 4.47 Å². The lowest BCUT2D eigenvalue weighted by Crippen LogP contribution is -2.06. The number of anilines is 3. The van der Waals surface area contributed by atoms with Crippen molar-refractivity contribution in [3.8, 4) is 0 Å². The second-order valence-corrected chi connectivity index (χ2v) is 6.40. The summed E-state index contributed by atoms with van der Waals surface area (Å²) in [6.07, 6.45) is 6.27. The van der Waals surface area contributed by atoms with Gasteiger partial charge in [0.1, 0.15) is 5.82 Å². The molecule has 0 amide bonds. The van der Waals surface area contributed by atoms with Crippen LogP contribution in [0.2, 0.25) is 0 Å². The number of aromatic nitrogens is 2. The van der Waals surface area contributed by atoms with Crippen molar-refractivity contribution in [2.75, 3.05) is 16.9 Å². The Morgan fingerprint density at radius 2 is 2.00 bits per heavy atom. The molecule has 1 fully saturated rings. The van der Waals surface area contributed by atoms with Crippen LogP contribution in [0.15, 0.2) is 39.8 Å². The fourth-order valence-corrected chi connectivity index (χ4v) is 2.47. The monoisotopic (exact) mass is 350 g/mol. The first-order valence-electron chi connectivity index (χ1n) is 6.45. The van der Waals surface area contributed by atoms with Gasteiger partial charge in [0.25, 0.3) is 0 Å². The Labute approximate surface area is 130 Å². The normalized spacial score (nSPS) is 14.1. The standard InChI is InChI=1S/C14H15BrN4S/c1-20-11-6-4-10(5-7-11)18-14-16-8-12(15)13(19-14)17-9-2-3-9/h4-9H,2-3H2,1H3,(H2,16,17,18,19). The molecule has 4 nitrogen and oxygen atoms in total. The summed E-state index contributed by atoms with van der Waals surface area (Å²) in [6, 6.07) is 8.79. The van der Waals surface area contributed by atoms with Gasteiger partial charge in [-0.25, -0.2) is 4.98 Å². The molecule has 0 unspecified atom stereocenters. The number of nitrogens with one attached hydrogen (secondary N) is 2. The van der Waals surface area contributed by atoms with Crippen LogP contribution in [0, 0.1) is 0 Å². The van der Waals surface area contributed by atoms with Gasteiger partial charge in [-0.05, 0) is 59.3 Å². The van der Waals surface area contributed by atoms with Crippen LogP contribution in [0.1, 0.15) is 12.8 Å². The van der Waals surface area contributed by atoms with Crippen LogP contribution in [0.4, 0.5) is 17.5 Å². The highest BCUT2D eigenvalue weighted by Gasteiger charge is 2.22. The molecule has 1 heterocycles. The van der Waals surface area contributed by atoms with E-state index in [2.05, 4.69) is 54.9 Å². The van der Waals surface area contributed by atoms with E-state index in [1.807, 2.05) is 12.1 Å². The third-order valence-electron chi connectivity index (χ3n) is 3.01. The van der Waals surface area contributed by atoms with Crippen molar-refractivity contribution in [3.63, 3.8) is 0 Å². The maximum absolute atomic E-state index is 4.50. The Balaban J connectivity index is 1.75. The molecule has 104 valence electrons. The average Bonchev–Trinajstić information content (AvgIpc) is 3.27. The van der Waals surface area contributed by atoms with Crippen molar-refractivity contribution < 1.29 is 0 Å². The van der Waals surface area contributed by atoms with E-state index in [-0.39, 0.29) is 0 Å². The second kappa shape index (κ2) is 6.01. The molecule has 2 aromatic rings. The summed E-state index contributed by atoms with van der Waals surface area (Å²) in [5.74, 6) is 1.46. The van der Waals surface area contributed by atoms with Crippen molar-refractivity contribution in [2.45, 2.75) is 23.8 Å². The van der Waals surface area contributed by atoms with Crippen molar-refractivity contribution in [1.82, 2.24) is 9.97 Å². The predicted octanol–water partition coefficient (Wildman–Crippen LogP) is 4.28. The third kappa shape index (κ3) is 3.43. The van der Waals surface area contributed by atoms with Crippen molar-refractivity contribution >= 4 is 45.1 Å². The topological polar surface area (TPSA) is 49.8 Å². The Bertz CT molecular complexity index is 599. The summed E-state index contributed by atoms with van der Waals surface area (Å²) in [5, 5.41) is 6.61. The van der Waals surface area contributed by atoms with Crippen molar-refractivity contribution in [3.05, 3.63) is 34.9 Å². The molecule has 1 saturated carbocycles. The molecule has 2 N–H and O–H groups in total. The fraction of sp³-hybridized carbons (Fsp3) is 0.286. The first-order valence-corrected chi connectivity index (χ1v) is 8.46. The van der Waals surface area contributed by atoms with Gasteiger partial charge >= 0.3 is 0 Å². The second-order valence-electron chi connectivity index (χ2n) is 4.66. The van der Waals surface area contributed by atoms with E-state index >= 15 is 0 Å². The molecule has 1 aromatic carbocycles. The van der Waals surface area contributed by atoms with Crippen LogP contribution in [0.3, 0.4) is 0 Å². The minimum absolute atomic E-state index is 0.565. The molecule has 0 radical (unpaired) electrons. The number of halogens is 1. The number of nitrogens with zero attached hydrogens (tertiary/aromatic N) is 2. The highest BCUT2D eigenvalue weighted by atomic mass is 79.9. The van der Waals surface area contributed by atoms with Crippen LogP contribution in [-0.2, 0) is 0 Å². The molecular weight excluding hydrogens is 336 g/mol. The molecule has 0 bridgehead atoms. The van der Waals surface area contributed by atoms with Crippen molar-refractivity contribution in [2.24, 2.45) is 0 Å². The molecule has 6 heteroatoms. The van der Waals surface area contributed by atoms with Gasteiger partial charge in [-0.2, -0.15) is 4.98 Å². The van der Waals surface area contributed by atoms with Gasteiger partial charge < -0.3 is 10.6 Å². The number of benzene rings is 1. The summed E-state index contributed by atoms with van der Waals surface area (Å²) in [5.41, 5.74) is 0.988. The van der Waals surface area contributed by atoms with Crippen LogP contribution >= 0.6 is 27.7 Å². The smallest absolute Gasteiger partial charge is 0.229 e. The van der Waals surface area contributed by atoms with Gasteiger partial charge in [-0.15, -0.1) is 11.8 Å². The average molecular weight is 351 g/mol.